The normalized spacial score (nSPS) is 28.2. The van der Waals surface area contributed by atoms with E-state index in [1.165, 1.54) is 0 Å². The van der Waals surface area contributed by atoms with Crippen LogP contribution in [0, 0.1) is 17.2 Å². The van der Waals surface area contributed by atoms with Crippen LogP contribution in [0.4, 0.5) is 0 Å². The minimum atomic E-state index is -2.08. The van der Waals surface area contributed by atoms with E-state index < -0.39 is 14.1 Å². The maximum Gasteiger partial charge on any atom is 0.196 e. The molecule has 2 atom stereocenters. The van der Waals surface area contributed by atoms with Gasteiger partial charge in [-0.3, -0.25) is 0 Å². The van der Waals surface area contributed by atoms with Crippen LogP contribution >= 0.6 is 0 Å². The molecule has 0 spiro atoms. The van der Waals surface area contributed by atoms with Gasteiger partial charge in [0.2, 0.25) is 0 Å². The Morgan fingerprint density at radius 2 is 2.00 bits per heavy atom. The lowest BCUT2D eigenvalue weighted by Gasteiger charge is -2.44. The van der Waals surface area contributed by atoms with Gasteiger partial charge in [0.25, 0.3) is 0 Å². The quantitative estimate of drug-likeness (QED) is 0.629. The predicted octanol–water partition coefficient (Wildman–Crippen LogP) is 3.35. The second-order valence-electron chi connectivity index (χ2n) is 6.33. The lowest BCUT2D eigenvalue weighted by Crippen LogP contribution is -2.52. The highest BCUT2D eigenvalue weighted by molar-refractivity contribution is 6.74. The van der Waals surface area contributed by atoms with Gasteiger partial charge in [-0.1, -0.05) is 39.0 Å². The van der Waals surface area contributed by atoms with Crippen LogP contribution in [0.5, 0.6) is 0 Å². The summed E-state index contributed by atoms with van der Waals surface area (Å²) in [7, 11) is -2.08. The molecule has 1 rings (SSSR count). The molecule has 0 aromatic rings. The molecule has 0 fully saturated rings. The summed E-state index contributed by atoms with van der Waals surface area (Å²) in [6, 6.07) is 2.11. The van der Waals surface area contributed by atoms with E-state index in [-0.39, 0.29) is 17.4 Å². The van der Waals surface area contributed by atoms with Crippen LogP contribution < -0.4 is 0 Å². The minimum absolute atomic E-state index is 0.0227. The summed E-state index contributed by atoms with van der Waals surface area (Å²) in [5.41, 5.74) is 0. The van der Waals surface area contributed by atoms with Crippen LogP contribution in [-0.4, -0.2) is 19.2 Å². The topological polar surface area (TPSA) is 53.2 Å². The molecule has 3 nitrogen and oxygen atoms in total. The Kier molecular flexibility index (Phi) is 4.21. The molecule has 0 amide bonds. The van der Waals surface area contributed by atoms with Gasteiger partial charge in [-0.25, -0.2) is 0 Å². The molecule has 1 N–H and O–H groups in total. The number of aliphatic hydroxyl groups is 1. The highest BCUT2D eigenvalue weighted by Crippen LogP contribution is 2.41. The fourth-order valence-electron chi connectivity index (χ4n) is 1.64. The molecule has 18 heavy (non-hydrogen) atoms. The molecule has 0 aliphatic heterocycles. The van der Waals surface area contributed by atoms with Gasteiger partial charge in [0.05, 0.1) is 6.07 Å². The van der Waals surface area contributed by atoms with Gasteiger partial charge in [-0.05, 0) is 24.2 Å². The van der Waals surface area contributed by atoms with Gasteiger partial charge in [0.1, 0.15) is 0 Å². The van der Waals surface area contributed by atoms with Crippen molar-refractivity contribution < 1.29 is 9.53 Å². The van der Waals surface area contributed by atoms with Crippen LogP contribution in [0.2, 0.25) is 18.1 Å². The van der Waals surface area contributed by atoms with E-state index in [4.69, 9.17) is 9.69 Å². The summed E-state index contributed by atoms with van der Waals surface area (Å²) in [6.45, 7) is 10.6. The van der Waals surface area contributed by atoms with Crippen molar-refractivity contribution in [3.63, 3.8) is 0 Å². The van der Waals surface area contributed by atoms with Crippen molar-refractivity contribution in [3.05, 3.63) is 24.3 Å². The molecule has 0 heterocycles. The Morgan fingerprint density at radius 1 is 1.39 bits per heavy atom. The second-order valence-corrected chi connectivity index (χ2v) is 11.1. The van der Waals surface area contributed by atoms with Crippen LogP contribution in [0.25, 0.3) is 0 Å². The molecule has 2 unspecified atom stereocenters. The minimum Gasteiger partial charge on any atom is -0.387 e. The molecule has 0 saturated heterocycles. The fourth-order valence-corrected chi connectivity index (χ4v) is 2.98. The second kappa shape index (κ2) is 5.00. The number of nitriles is 1. The molecule has 1 aliphatic carbocycles. The third-order valence-electron chi connectivity index (χ3n) is 3.86. The molecule has 0 aromatic carbocycles. The maximum absolute atomic E-state index is 10.7. The van der Waals surface area contributed by atoms with Crippen LogP contribution in [-0.2, 0) is 4.43 Å². The van der Waals surface area contributed by atoms with Crippen molar-refractivity contribution >= 4 is 8.32 Å². The molecular weight excluding hydrogens is 242 g/mol. The first-order valence-electron chi connectivity index (χ1n) is 6.28. The Hall–Kier alpha value is -0.893. The Balaban J connectivity index is 2.96. The van der Waals surface area contributed by atoms with Gasteiger partial charge < -0.3 is 9.53 Å². The molecule has 0 radical (unpaired) electrons. The molecule has 1 aliphatic rings. The monoisotopic (exact) mass is 265 g/mol. The number of nitrogens with zero attached hydrogens (tertiary/aromatic N) is 1. The van der Waals surface area contributed by atoms with Crippen LogP contribution in [0.1, 0.15) is 27.2 Å². The summed E-state index contributed by atoms with van der Waals surface area (Å²) in [4.78, 5) is 0. The third kappa shape index (κ3) is 3.11. The Bertz CT molecular complexity index is 401. The summed E-state index contributed by atoms with van der Waals surface area (Å²) >= 11 is 0. The molecule has 100 valence electrons. The number of allylic oxidation sites excluding steroid dienone is 2. The van der Waals surface area contributed by atoms with E-state index in [1.54, 1.807) is 12.2 Å². The first kappa shape index (κ1) is 15.2. The zero-order chi connectivity index (χ0) is 14.0. The van der Waals surface area contributed by atoms with Crippen molar-refractivity contribution in [2.75, 3.05) is 0 Å². The van der Waals surface area contributed by atoms with Gasteiger partial charge >= 0.3 is 0 Å². The summed E-state index contributed by atoms with van der Waals surface area (Å²) in [5, 5.41) is 19.6. The molecule has 0 saturated carbocycles. The molecule has 0 aromatic heterocycles. The maximum atomic E-state index is 10.7. The van der Waals surface area contributed by atoms with Crippen molar-refractivity contribution in [1.29, 1.82) is 5.26 Å². The van der Waals surface area contributed by atoms with Gasteiger partial charge in [0, 0.05) is 12.3 Å². The van der Waals surface area contributed by atoms with Gasteiger partial charge in [-0.2, -0.15) is 5.26 Å². The van der Waals surface area contributed by atoms with Gasteiger partial charge in [-0.15, -0.1) is 0 Å². The predicted molar refractivity (Wildman–Crippen MR) is 75.2 cm³/mol. The lowest BCUT2D eigenvalue weighted by molar-refractivity contribution is -0.134. The zero-order valence-electron chi connectivity index (χ0n) is 11.9. The summed E-state index contributed by atoms with van der Waals surface area (Å²) < 4.78 is 6.10. The molecule has 4 heteroatoms. The highest BCUT2D eigenvalue weighted by atomic mass is 28.4. The number of hydrogen-bond acceptors (Lipinski definition) is 3. The summed E-state index contributed by atoms with van der Waals surface area (Å²) in [5.74, 6) is -1.63. The lowest BCUT2D eigenvalue weighted by atomic mass is 9.92. The van der Waals surface area contributed by atoms with Crippen LogP contribution in [0.15, 0.2) is 24.3 Å². The van der Waals surface area contributed by atoms with Crippen LogP contribution in [0.3, 0.4) is 0 Å². The van der Waals surface area contributed by atoms with Crippen molar-refractivity contribution in [1.82, 2.24) is 0 Å². The Morgan fingerprint density at radius 3 is 2.50 bits per heavy atom. The highest BCUT2D eigenvalue weighted by Gasteiger charge is 2.46. The summed E-state index contributed by atoms with van der Waals surface area (Å²) in [6.07, 6.45) is 7.39. The molecule has 0 bridgehead atoms. The third-order valence-corrected chi connectivity index (χ3v) is 8.31. The van der Waals surface area contributed by atoms with E-state index in [9.17, 15) is 5.11 Å². The SMILES string of the molecule is CC(C)(C)[Si](C)(C)OC1(O)C=CC=CC1CC#N. The average Bonchev–Trinajstić information content (AvgIpc) is 2.19. The Labute approximate surface area is 111 Å². The number of rotatable bonds is 3. The smallest absolute Gasteiger partial charge is 0.196 e. The van der Waals surface area contributed by atoms with E-state index in [0.717, 1.165) is 0 Å². The number of hydrogen-bond donors (Lipinski definition) is 1. The van der Waals surface area contributed by atoms with E-state index >= 15 is 0 Å². The van der Waals surface area contributed by atoms with E-state index in [0.29, 0.717) is 0 Å². The van der Waals surface area contributed by atoms with Crippen molar-refractivity contribution in [3.8, 4) is 6.07 Å². The average molecular weight is 265 g/mol. The van der Waals surface area contributed by atoms with Crippen molar-refractivity contribution in [2.45, 2.75) is 51.1 Å². The fraction of sp³-hybridized carbons (Fsp3) is 0.643. The standard InChI is InChI=1S/C14H23NO2Si/c1-13(2,3)18(4,5)17-14(16)10-7-6-8-12(14)9-11-15/h6-8,10,12,16H,9H2,1-5H3. The molecular formula is C14H23NO2Si. The van der Waals surface area contributed by atoms with E-state index in [2.05, 4.69) is 39.9 Å². The zero-order valence-corrected chi connectivity index (χ0v) is 12.9. The van der Waals surface area contributed by atoms with Gasteiger partial charge in [0.15, 0.2) is 14.1 Å². The largest absolute Gasteiger partial charge is 0.387 e. The first-order chi connectivity index (χ1) is 8.12. The van der Waals surface area contributed by atoms with Crippen molar-refractivity contribution in [2.24, 2.45) is 5.92 Å². The first-order valence-corrected chi connectivity index (χ1v) is 9.19. The van der Waals surface area contributed by atoms with E-state index in [1.807, 2.05) is 12.2 Å².